The summed E-state index contributed by atoms with van der Waals surface area (Å²) < 4.78 is 18.9. The fourth-order valence-corrected chi connectivity index (χ4v) is 4.59. The predicted octanol–water partition coefficient (Wildman–Crippen LogP) is 2.68. The Morgan fingerprint density at radius 2 is 1.84 bits per heavy atom. The summed E-state index contributed by atoms with van der Waals surface area (Å²) in [5.74, 6) is 1.33. The van der Waals surface area contributed by atoms with E-state index in [9.17, 15) is 9.90 Å². The fourth-order valence-electron chi connectivity index (χ4n) is 4.59. The molecule has 1 fully saturated rings. The average Bonchev–Trinajstić information content (AvgIpc) is 3.23. The number of aromatic nitrogens is 2. The van der Waals surface area contributed by atoms with Gasteiger partial charge in [-0.15, -0.1) is 0 Å². The average molecular weight is 523 g/mol. The number of methoxy groups -OCH3 is 1. The molecule has 1 amide bonds. The number of carbonyl (C=O) groups is 1. The van der Waals surface area contributed by atoms with Gasteiger partial charge in [0.05, 0.1) is 19.3 Å². The maximum Gasteiger partial charge on any atom is 0.248 e. The van der Waals surface area contributed by atoms with E-state index < -0.39 is 5.60 Å². The lowest BCUT2D eigenvalue weighted by Crippen LogP contribution is -2.52. The van der Waals surface area contributed by atoms with Crippen molar-refractivity contribution in [2.45, 2.75) is 32.5 Å². The lowest BCUT2D eigenvalue weighted by molar-refractivity contribution is -0.138. The third-order valence-corrected chi connectivity index (χ3v) is 6.49. The number of benzene rings is 2. The number of β-amino-alcohol motifs (C(OH)–C–C–N with tert-alkyl or cyclic N) is 1. The summed E-state index contributed by atoms with van der Waals surface area (Å²) in [6.07, 6.45) is 3.82. The van der Waals surface area contributed by atoms with Crippen LogP contribution in [0.2, 0.25) is 0 Å². The number of nitrogens with zero attached hydrogens (tertiary/aromatic N) is 4. The summed E-state index contributed by atoms with van der Waals surface area (Å²) in [6.45, 7) is 7.51. The van der Waals surface area contributed by atoms with Crippen LogP contribution in [-0.2, 0) is 22.6 Å². The van der Waals surface area contributed by atoms with Gasteiger partial charge in [-0.25, -0.2) is 0 Å². The van der Waals surface area contributed by atoms with E-state index in [4.69, 9.17) is 14.2 Å². The molecule has 1 aliphatic rings. The molecule has 0 radical (unpaired) electrons. The van der Waals surface area contributed by atoms with Crippen molar-refractivity contribution in [2.75, 3.05) is 53.1 Å². The van der Waals surface area contributed by atoms with Gasteiger partial charge in [0.2, 0.25) is 5.91 Å². The smallest absolute Gasteiger partial charge is 0.248 e. The minimum atomic E-state index is -1.25. The molecule has 1 aliphatic heterocycles. The molecule has 9 nitrogen and oxygen atoms in total. The van der Waals surface area contributed by atoms with Crippen molar-refractivity contribution < 1.29 is 24.1 Å². The summed E-state index contributed by atoms with van der Waals surface area (Å²) in [6, 6.07) is 15.7. The number of hydrogen-bond donors (Lipinski definition) is 1. The van der Waals surface area contributed by atoms with Crippen LogP contribution in [0.15, 0.2) is 60.9 Å². The second-order valence-corrected chi connectivity index (χ2v) is 10.1. The monoisotopic (exact) mass is 522 g/mol. The van der Waals surface area contributed by atoms with E-state index in [0.29, 0.717) is 45.1 Å². The van der Waals surface area contributed by atoms with Crippen LogP contribution in [0.5, 0.6) is 11.5 Å². The zero-order chi connectivity index (χ0) is 27.0. The first-order valence-corrected chi connectivity index (χ1v) is 12.9. The molecule has 204 valence electrons. The number of aryl methyl sites for hydroxylation is 2. The maximum atomic E-state index is 12.7. The summed E-state index contributed by atoms with van der Waals surface area (Å²) in [7, 11) is 1.50. The van der Waals surface area contributed by atoms with E-state index in [2.05, 4.69) is 10.00 Å². The topological polar surface area (TPSA) is 89.3 Å². The van der Waals surface area contributed by atoms with Crippen LogP contribution in [0, 0.1) is 13.8 Å². The molecule has 0 bridgehead atoms. The minimum absolute atomic E-state index is 0.0214. The van der Waals surface area contributed by atoms with E-state index in [1.807, 2.05) is 79.5 Å². The Balaban J connectivity index is 1.41. The minimum Gasteiger partial charge on any atom is -0.492 e. The molecule has 3 aromatic rings. The molecule has 1 N–H and O–H groups in total. The molecule has 0 unspecified atom stereocenters. The van der Waals surface area contributed by atoms with Crippen LogP contribution in [0.1, 0.15) is 16.7 Å². The van der Waals surface area contributed by atoms with Crippen molar-refractivity contribution in [2.24, 2.45) is 0 Å². The molecular formula is C29H38N4O5. The third-order valence-electron chi connectivity index (χ3n) is 6.49. The van der Waals surface area contributed by atoms with E-state index in [1.165, 1.54) is 7.11 Å². The van der Waals surface area contributed by atoms with Crippen LogP contribution in [0.3, 0.4) is 0 Å². The Morgan fingerprint density at radius 3 is 2.58 bits per heavy atom. The summed E-state index contributed by atoms with van der Waals surface area (Å²) in [5, 5.41) is 15.9. The largest absolute Gasteiger partial charge is 0.492 e. The van der Waals surface area contributed by atoms with Crippen molar-refractivity contribution in [3.8, 4) is 11.5 Å². The highest BCUT2D eigenvalue weighted by atomic mass is 16.5. The van der Waals surface area contributed by atoms with Gasteiger partial charge in [-0.05, 0) is 49.2 Å². The van der Waals surface area contributed by atoms with Gasteiger partial charge in [-0.3, -0.25) is 14.4 Å². The van der Waals surface area contributed by atoms with Crippen molar-refractivity contribution >= 4 is 5.91 Å². The van der Waals surface area contributed by atoms with E-state index in [0.717, 1.165) is 22.4 Å². The van der Waals surface area contributed by atoms with Gasteiger partial charge in [0, 0.05) is 39.5 Å². The van der Waals surface area contributed by atoms with Crippen molar-refractivity contribution in [1.29, 1.82) is 0 Å². The first-order chi connectivity index (χ1) is 18.3. The lowest BCUT2D eigenvalue weighted by Gasteiger charge is -2.33. The molecule has 1 saturated heterocycles. The molecule has 4 rings (SSSR count). The summed E-state index contributed by atoms with van der Waals surface area (Å²) in [4.78, 5) is 16.5. The molecular weight excluding hydrogens is 484 g/mol. The highest BCUT2D eigenvalue weighted by Crippen LogP contribution is 2.22. The standard InChI is InChI=1S/C29H38N4O5/c1-23-7-9-26(10-8-23)38-22-29(35)20-31(11-12-32(21-29)28(34)19-36-3)18-25-5-4-6-27(15-25)37-14-13-33-17-24(2)16-30-33/h4-10,15-17,35H,11-14,18-22H2,1-3H3/t29-/m0/s1. The molecule has 2 heterocycles. The normalized spacial score (nSPS) is 18.3. The number of aliphatic hydroxyl groups is 1. The number of hydrogen-bond acceptors (Lipinski definition) is 7. The van der Waals surface area contributed by atoms with Crippen LogP contribution >= 0.6 is 0 Å². The van der Waals surface area contributed by atoms with Gasteiger partial charge < -0.3 is 24.2 Å². The van der Waals surface area contributed by atoms with Gasteiger partial charge in [0.1, 0.15) is 36.9 Å². The van der Waals surface area contributed by atoms with E-state index >= 15 is 0 Å². The Bertz CT molecular complexity index is 1180. The van der Waals surface area contributed by atoms with Gasteiger partial charge in [-0.1, -0.05) is 29.8 Å². The summed E-state index contributed by atoms with van der Waals surface area (Å²) >= 11 is 0. The van der Waals surface area contributed by atoms with Gasteiger partial charge >= 0.3 is 0 Å². The fraction of sp³-hybridized carbons (Fsp3) is 0.448. The first-order valence-electron chi connectivity index (χ1n) is 12.9. The molecule has 0 aliphatic carbocycles. The van der Waals surface area contributed by atoms with E-state index in [1.54, 1.807) is 4.90 Å². The SMILES string of the molecule is COCC(=O)N1CCN(Cc2cccc(OCCn3cc(C)cn3)c2)C[C@@](O)(COc2ccc(C)cc2)C1. The van der Waals surface area contributed by atoms with Crippen LogP contribution < -0.4 is 9.47 Å². The molecule has 38 heavy (non-hydrogen) atoms. The molecule has 9 heteroatoms. The first kappa shape index (κ1) is 27.6. The number of carbonyl (C=O) groups excluding carboxylic acids is 1. The van der Waals surface area contributed by atoms with Gasteiger partial charge in [0.15, 0.2) is 0 Å². The van der Waals surface area contributed by atoms with Crippen LogP contribution in [0.4, 0.5) is 0 Å². The molecule has 0 saturated carbocycles. The Kier molecular flexibility index (Phi) is 9.38. The van der Waals surface area contributed by atoms with Crippen LogP contribution in [0.25, 0.3) is 0 Å². The zero-order valence-electron chi connectivity index (χ0n) is 22.5. The maximum absolute atomic E-state index is 12.7. The second kappa shape index (κ2) is 12.9. The van der Waals surface area contributed by atoms with Gasteiger partial charge in [0.25, 0.3) is 0 Å². The van der Waals surface area contributed by atoms with Crippen molar-refractivity contribution in [1.82, 2.24) is 19.6 Å². The third kappa shape index (κ3) is 8.05. The molecule has 2 aromatic carbocycles. The Morgan fingerprint density at radius 1 is 1.03 bits per heavy atom. The molecule has 1 aromatic heterocycles. The van der Waals surface area contributed by atoms with Crippen molar-refractivity contribution in [3.05, 3.63) is 77.6 Å². The highest BCUT2D eigenvalue weighted by Gasteiger charge is 2.37. The number of rotatable bonds is 11. The zero-order valence-corrected chi connectivity index (χ0v) is 22.5. The Labute approximate surface area is 224 Å². The van der Waals surface area contributed by atoms with Crippen LogP contribution in [-0.4, -0.2) is 89.3 Å². The molecule has 1 atom stereocenters. The number of ether oxygens (including phenoxy) is 3. The lowest BCUT2D eigenvalue weighted by atomic mass is 10.0. The number of amides is 1. The summed E-state index contributed by atoms with van der Waals surface area (Å²) in [5.41, 5.74) is 2.07. The highest BCUT2D eigenvalue weighted by molar-refractivity contribution is 5.77. The molecule has 0 spiro atoms. The quantitative estimate of drug-likeness (QED) is 0.414. The van der Waals surface area contributed by atoms with Gasteiger partial charge in [-0.2, -0.15) is 5.10 Å². The predicted molar refractivity (Wildman–Crippen MR) is 144 cm³/mol. The van der Waals surface area contributed by atoms with Crippen molar-refractivity contribution in [3.63, 3.8) is 0 Å². The Hall–Kier alpha value is -3.40. The second-order valence-electron chi connectivity index (χ2n) is 10.1. The van der Waals surface area contributed by atoms with E-state index in [-0.39, 0.29) is 25.7 Å².